The Morgan fingerprint density at radius 1 is 1.11 bits per heavy atom. The fourth-order valence-electron chi connectivity index (χ4n) is 4.81. The van der Waals surface area contributed by atoms with E-state index in [-0.39, 0.29) is 31.5 Å². The minimum atomic E-state index is -4.64. The highest BCUT2D eigenvalue weighted by atomic mass is 19.4. The first-order valence-corrected chi connectivity index (χ1v) is 9.10. The van der Waals surface area contributed by atoms with Crippen molar-refractivity contribution in [3.05, 3.63) is 71.3 Å². The van der Waals surface area contributed by atoms with Crippen molar-refractivity contribution in [3.63, 3.8) is 0 Å². The van der Waals surface area contributed by atoms with Gasteiger partial charge < -0.3 is 15.1 Å². The van der Waals surface area contributed by atoms with Gasteiger partial charge in [-0.2, -0.15) is 13.2 Å². The summed E-state index contributed by atoms with van der Waals surface area (Å²) in [7, 11) is 0. The van der Waals surface area contributed by atoms with Crippen molar-refractivity contribution in [2.45, 2.75) is 18.2 Å². The molecule has 148 valence electrons. The number of carbonyl (C=O) groups is 1. The first-order valence-electron chi connectivity index (χ1n) is 9.10. The molecule has 2 aliphatic rings. The molecule has 1 amide bonds. The van der Waals surface area contributed by atoms with Crippen molar-refractivity contribution < 1.29 is 28.2 Å². The minimum Gasteiger partial charge on any atom is -0.396 e. The standard InChI is InChI=1S/C21H20F3NO3/c22-21(23,24)15-9-5-4-8-14(15)19(28)25-10-17(27)20(12-25)16(11-26)18(20)13-6-2-1-3-7-13/h1-9,16-18,26-27H,10-12H2/t16-,17+,18-,20-/m1/s1. The number of β-amino-alcohol motifs (C(OH)–C–C–N with tert-alkyl or cyclic N) is 1. The summed E-state index contributed by atoms with van der Waals surface area (Å²) in [5.74, 6) is -1.12. The third kappa shape index (κ3) is 2.81. The monoisotopic (exact) mass is 391 g/mol. The fraction of sp³-hybridized carbons (Fsp3) is 0.381. The Morgan fingerprint density at radius 2 is 1.75 bits per heavy atom. The van der Waals surface area contributed by atoms with Crippen LogP contribution in [0.5, 0.6) is 0 Å². The Balaban J connectivity index is 1.63. The summed E-state index contributed by atoms with van der Waals surface area (Å²) in [6.45, 7) is -0.0906. The molecule has 2 N–H and O–H groups in total. The quantitative estimate of drug-likeness (QED) is 0.846. The SMILES string of the molecule is O=C(c1ccccc1C(F)(F)F)N1C[C@H](O)[C@@]2(C1)[C@H](CO)[C@H]2c1ccccc1. The molecule has 2 fully saturated rings. The van der Waals surface area contributed by atoms with E-state index in [4.69, 9.17) is 0 Å². The van der Waals surface area contributed by atoms with E-state index < -0.39 is 34.7 Å². The smallest absolute Gasteiger partial charge is 0.396 e. The van der Waals surface area contributed by atoms with E-state index in [1.807, 2.05) is 30.3 Å². The molecule has 4 nitrogen and oxygen atoms in total. The number of amides is 1. The molecule has 2 aromatic rings. The number of likely N-dealkylation sites (tertiary alicyclic amines) is 1. The molecule has 0 unspecified atom stereocenters. The summed E-state index contributed by atoms with van der Waals surface area (Å²) < 4.78 is 39.9. The normalized spacial score (nSPS) is 29.3. The van der Waals surface area contributed by atoms with Crippen LogP contribution in [0.25, 0.3) is 0 Å². The second-order valence-electron chi connectivity index (χ2n) is 7.53. The van der Waals surface area contributed by atoms with Gasteiger partial charge in [-0.25, -0.2) is 0 Å². The maximum Gasteiger partial charge on any atom is 0.417 e. The van der Waals surface area contributed by atoms with E-state index in [1.165, 1.54) is 17.0 Å². The van der Waals surface area contributed by atoms with E-state index in [1.54, 1.807) is 0 Å². The van der Waals surface area contributed by atoms with Gasteiger partial charge in [0, 0.05) is 25.1 Å². The molecule has 0 bridgehead atoms. The minimum absolute atomic E-state index is 0.0507. The number of halogens is 3. The number of aliphatic hydroxyl groups excluding tert-OH is 2. The third-order valence-electron chi connectivity index (χ3n) is 6.15. The van der Waals surface area contributed by atoms with Crippen LogP contribution in [0.3, 0.4) is 0 Å². The lowest BCUT2D eigenvalue weighted by Crippen LogP contribution is -2.31. The van der Waals surface area contributed by atoms with Gasteiger partial charge in [0.05, 0.1) is 17.2 Å². The molecular weight excluding hydrogens is 371 g/mol. The number of rotatable bonds is 3. The molecule has 1 aliphatic heterocycles. The second kappa shape index (κ2) is 6.60. The van der Waals surface area contributed by atoms with Crippen LogP contribution in [0.2, 0.25) is 0 Å². The Hall–Kier alpha value is -2.38. The van der Waals surface area contributed by atoms with Crippen molar-refractivity contribution in [3.8, 4) is 0 Å². The lowest BCUT2D eigenvalue weighted by Gasteiger charge is -2.19. The Kier molecular flexibility index (Phi) is 4.47. The second-order valence-corrected chi connectivity index (χ2v) is 7.53. The summed E-state index contributed by atoms with van der Waals surface area (Å²) in [4.78, 5) is 14.1. The number of hydrogen-bond donors (Lipinski definition) is 2. The first-order chi connectivity index (χ1) is 13.3. The maximum absolute atomic E-state index is 13.3. The van der Waals surface area contributed by atoms with E-state index in [0.29, 0.717) is 0 Å². The molecule has 1 saturated carbocycles. The van der Waals surface area contributed by atoms with Crippen LogP contribution in [0.1, 0.15) is 27.4 Å². The Morgan fingerprint density at radius 3 is 2.39 bits per heavy atom. The largest absolute Gasteiger partial charge is 0.417 e. The zero-order valence-electron chi connectivity index (χ0n) is 14.9. The summed E-state index contributed by atoms with van der Waals surface area (Å²) in [5, 5.41) is 20.5. The molecular formula is C21H20F3NO3. The molecule has 0 aromatic heterocycles. The fourth-order valence-corrected chi connectivity index (χ4v) is 4.81. The van der Waals surface area contributed by atoms with Gasteiger partial charge in [0.25, 0.3) is 5.91 Å². The summed E-state index contributed by atoms with van der Waals surface area (Å²) in [6.07, 6.45) is -5.54. The van der Waals surface area contributed by atoms with Crippen molar-refractivity contribution in [1.29, 1.82) is 0 Å². The molecule has 7 heteroatoms. The summed E-state index contributed by atoms with van der Waals surface area (Å²) in [6, 6.07) is 14.1. The topological polar surface area (TPSA) is 60.8 Å². The van der Waals surface area contributed by atoms with Crippen molar-refractivity contribution in [1.82, 2.24) is 4.90 Å². The first kappa shape index (κ1) is 19.0. The van der Waals surface area contributed by atoms with Gasteiger partial charge in [-0.05, 0) is 29.5 Å². The Bertz CT molecular complexity index is 886. The van der Waals surface area contributed by atoms with Crippen LogP contribution in [0.4, 0.5) is 13.2 Å². The predicted octanol–water partition coefficient (Wildman–Crippen LogP) is 2.91. The molecule has 4 atom stereocenters. The van der Waals surface area contributed by atoms with E-state index in [2.05, 4.69) is 0 Å². The predicted molar refractivity (Wildman–Crippen MR) is 95.5 cm³/mol. The van der Waals surface area contributed by atoms with Crippen LogP contribution in [0, 0.1) is 11.3 Å². The van der Waals surface area contributed by atoms with Crippen molar-refractivity contribution in [2.75, 3.05) is 19.7 Å². The lowest BCUT2D eigenvalue weighted by atomic mass is 9.95. The molecule has 1 heterocycles. The number of hydrogen-bond acceptors (Lipinski definition) is 3. The van der Waals surface area contributed by atoms with Gasteiger partial charge in [-0.3, -0.25) is 4.79 Å². The average Bonchev–Trinajstić information content (AvgIpc) is 3.22. The van der Waals surface area contributed by atoms with Crippen molar-refractivity contribution >= 4 is 5.91 Å². The molecule has 28 heavy (non-hydrogen) atoms. The average molecular weight is 391 g/mol. The zero-order chi connectivity index (χ0) is 20.1. The molecule has 1 spiro atoms. The highest BCUT2D eigenvalue weighted by Gasteiger charge is 2.71. The number of carbonyl (C=O) groups excluding carboxylic acids is 1. The highest BCUT2D eigenvalue weighted by molar-refractivity contribution is 5.96. The van der Waals surface area contributed by atoms with Gasteiger partial charge in [0.1, 0.15) is 0 Å². The number of benzene rings is 2. The highest BCUT2D eigenvalue weighted by Crippen LogP contribution is 2.68. The van der Waals surface area contributed by atoms with Gasteiger partial charge >= 0.3 is 6.18 Å². The van der Waals surface area contributed by atoms with Gasteiger partial charge in [0.2, 0.25) is 0 Å². The van der Waals surface area contributed by atoms with Crippen LogP contribution in [-0.2, 0) is 6.18 Å². The van der Waals surface area contributed by atoms with Gasteiger partial charge in [-0.15, -0.1) is 0 Å². The van der Waals surface area contributed by atoms with E-state index in [9.17, 15) is 28.2 Å². The Labute approximate surface area is 160 Å². The van der Waals surface area contributed by atoms with Crippen LogP contribution < -0.4 is 0 Å². The van der Waals surface area contributed by atoms with Crippen molar-refractivity contribution in [2.24, 2.45) is 11.3 Å². The van der Waals surface area contributed by atoms with Gasteiger partial charge in [0.15, 0.2) is 0 Å². The number of nitrogens with zero attached hydrogens (tertiary/aromatic N) is 1. The lowest BCUT2D eigenvalue weighted by molar-refractivity contribution is -0.138. The maximum atomic E-state index is 13.3. The zero-order valence-corrected chi connectivity index (χ0v) is 14.9. The van der Waals surface area contributed by atoms with Crippen LogP contribution >= 0.6 is 0 Å². The molecule has 0 radical (unpaired) electrons. The third-order valence-corrected chi connectivity index (χ3v) is 6.15. The molecule has 1 saturated heterocycles. The summed E-state index contributed by atoms with van der Waals surface area (Å²) in [5.41, 5.74) is -1.18. The van der Waals surface area contributed by atoms with Gasteiger partial charge in [-0.1, -0.05) is 42.5 Å². The number of alkyl halides is 3. The molecule has 1 aliphatic carbocycles. The number of aliphatic hydroxyl groups is 2. The summed E-state index contributed by atoms with van der Waals surface area (Å²) >= 11 is 0. The molecule has 4 rings (SSSR count). The van der Waals surface area contributed by atoms with Crippen LogP contribution in [-0.4, -0.2) is 46.8 Å². The van der Waals surface area contributed by atoms with E-state index in [0.717, 1.165) is 17.7 Å². The van der Waals surface area contributed by atoms with Crippen LogP contribution in [0.15, 0.2) is 54.6 Å². The van der Waals surface area contributed by atoms with E-state index >= 15 is 0 Å². The molecule has 2 aromatic carbocycles.